The quantitative estimate of drug-likeness (QED) is 0.883. The van der Waals surface area contributed by atoms with Crippen LogP contribution in [0.3, 0.4) is 0 Å². The summed E-state index contributed by atoms with van der Waals surface area (Å²) in [6.45, 7) is 4.54. The molecule has 1 N–H and O–H groups in total. The van der Waals surface area contributed by atoms with E-state index < -0.39 is 0 Å². The van der Waals surface area contributed by atoms with Gasteiger partial charge in [-0.2, -0.15) is 0 Å². The van der Waals surface area contributed by atoms with Gasteiger partial charge in [-0.3, -0.25) is 0 Å². The fourth-order valence-corrected chi connectivity index (χ4v) is 2.73. The van der Waals surface area contributed by atoms with Crippen LogP contribution in [0.2, 0.25) is 0 Å². The molecule has 0 saturated carbocycles. The van der Waals surface area contributed by atoms with Crippen LogP contribution in [0.4, 0.5) is 0 Å². The van der Waals surface area contributed by atoms with Crippen molar-refractivity contribution in [3.8, 4) is 5.75 Å². The van der Waals surface area contributed by atoms with Crippen molar-refractivity contribution in [1.82, 2.24) is 10.2 Å². The van der Waals surface area contributed by atoms with Gasteiger partial charge in [0.05, 0.1) is 7.11 Å². The molecule has 1 aliphatic heterocycles. The molecule has 19 heavy (non-hydrogen) atoms. The predicted molar refractivity (Wildman–Crippen MR) is 79.7 cm³/mol. The highest BCUT2D eigenvalue weighted by Gasteiger charge is 2.19. The number of nitrogens with one attached hydrogen (secondary N) is 1. The molecule has 1 saturated heterocycles. The second-order valence-corrected chi connectivity index (χ2v) is 5.53. The predicted octanol–water partition coefficient (Wildman–Crippen LogP) is 2.83. The molecule has 1 aromatic rings. The van der Waals surface area contributed by atoms with E-state index in [1.165, 1.54) is 31.4 Å². The molecule has 1 aliphatic rings. The summed E-state index contributed by atoms with van der Waals surface area (Å²) in [7, 11) is 3.94. The van der Waals surface area contributed by atoms with Crippen LogP contribution in [-0.4, -0.2) is 38.2 Å². The van der Waals surface area contributed by atoms with Crippen LogP contribution >= 0.6 is 0 Å². The monoisotopic (exact) mass is 262 g/mol. The number of likely N-dealkylation sites (N-methyl/N-ethyl adjacent to an activating group) is 1. The maximum atomic E-state index is 5.19. The first kappa shape index (κ1) is 14.4. The Morgan fingerprint density at radius 2 is 2.05 bits per heavy atom. The highest BCUT2D eigenvalue weighted by molar-refractivity contribution is 5.28. The van der Waals surface area contributed by atoms with E-state index in [0.717, 1.165) is 12.3 Å². The molecular weight excluding hydrogens is 236 g/mol. The van der Waals surface area contributed by atoms with Gasteiger partial charge in [-0.1, -0.05) is 18.6 Å². The summed E-state index contributed by atoms with van der Waals surface area (Å²) in [6, 6.07) is 9.42. The Morgan fingerprint density at radius 3 is 2.68 bits per heavy atom. The van der Waals surface area contributed by atoms with Crippen LogP contribution in [0.1, 0.15) is 37.8 Å². The Morgan fingerprint density at radius 1 is 1.32 bits per heavy atom. The minimum atomic E-state index is 0.390. The zero-order valence-electron chi connectivity index (χ0n) is 12.4. The number of rotatable bonds is 5. The lowest BCUT2D eigenvalue weighted by atomic mass is 10.0. The second-order valence-electron chi connectivity index (χ2n) is 5.53. The average Bonchev–Trinajstić information content (AvgIpc) is 2.46. The normalized spacial score (nSPS) is 22.2. The zero-order valence-corrected chi connectivity index (χ0v) is 12.4. The number of likely N-dealkylation sites (tertiary alicyclic amines) is 1. The lowest BCUT2D eigenvalue weighted by Gasteiger charge is -2.33. The third-order valence-electron chi connectivity index (χ3n) is 4.20. The topological polar surface area (TPSA) is 24.5 Å². The molecule has 0 aromatic heterocycles. The molecular formula is C16H26N2O. The summed E-state index contributed by atoms with van der Waals surface area (Å²) in [5, 5.41) is 3.65. The van der Waals surface area contributed by atoms with Crippen LogP contribution in [0.25, 0.3) is 0 Å². The number of ether oxygens (including phenoxy) is 1. The molecule has 0 amide bonds. The van der Waals surface area contributed by atoms with Crippen LogP contribution in [-0.2, 0) is 0 Å². The molecule has 0 aliphatic carbocycles. The number of piperidine rings is 1. The smallest absolute Gasteiger partial charge is 0.118 e. The lowest BCUT2D eigenvalue weighted by molar-refractivity contribution is 0.178. The zero-order chi connectivity index (χ0) is 13.7. The second kappa shape index (κ2) is 6.92. The first-order chi connectivity index (χ1) is 9.20. The Kier molecular flexibility index (Phi) is 5.23. The Labute approximate surface area is 116 Å². The maximum Gasteiger partial charge on any atom is 0.118 e. The number of methoxy groups -OCH3 is 1. The third kappa shape index (κ3) is 3.95. The van der Waals surface area contributed by atoms with Gasteiger partial charge in [0, 0.05) is 18.6 Å². The molecule has 1 heterocycles. The maximum absolute atomic E-state index is 5.19. The van der Waals surface area contributed by atoms with Gasteiger partial charge >= 0.3 is 0 Å². The van der Waals surface area contributed by atoms with Gasteiger partial charge in [-0.15, -0.1) is 0 Å². The summed E-state index contributed by atoms with van der Waals surface area (Å²) < 4.78 is 5.19. The van der Waals surface area contributed by atoms with E-state index in [0.29, 0.717) is 12.1 Å². The first-order valence-electron chi connectivity index (χ1n) is 7.28. The number of hydrogen-bond donors (Lipinski definition) is 1. The summed E-state index contributed by atoms with van der Waals surface area (Å²) >= 11 is 0. The van der Waals surface area contributed by atoms with E-state index in [1.807, 2.05) is 12.1 Å². The van der Waals surface area contributed by atoms with Crippen molar-refractivity contribution < 1.29 is 4.74 Å². The molecule has 2 atom stereocenters. The molecule has 2 rings (SSSR count). The average molecular weight is 262 g/mol. The van der Waals surface area contributed by atoms with Crippen molar-refractivity contribution in [2.75, 3.05) is 27.2 Å². The highest BCUT2D eigenvalue weighted by Crippen LogP contribution is 2.19. The van der Waals surface area contributed by atoms with Crippen molar-refractivity contribution in [3.63, 3.8) is 0 Å². The van der Waals surface area contributed by atoms with E-state index in [2.05, 4.69) is 36.3 Å². The molecule has 1 fully saturated rings. The van der Waals surface area contributed by atoms with Crippen molar-refractivity contribution in [3.05, 3.63) is 29.8 Å². The van der Waals surface area contributed by atoms with E-state index in [4.69, 9.17) is 4.74 Å². The summed E-state index contributed by atoms with van der Waals surface area (Å²) in [5.74, 6) is 0.919. The third-order valence-corrected chi connectivity index (χ3v) is 4.20. The van der Waals surface area contributed by atoms with Crippen LogP contribution in [0.15, 0.2) is 24.3 Å². The van der Waals surface area contributed by atoms with Crippen LogP contribution < -0.4 is 10.1 Å². The van der Waals surface area contributed by atoms with Crippen LogP contribution in [0, 0.1) is 0 Å². The van der Waals surface area contributed by atoms with Gasteiger partial charge in [-0.25, -0.2) is 0 Å². The van der Waals surface area contributed by atoms with Gasteiger partial charge in [0.15, 0.2) is 0 Å². The largest absolute Gasteiger partial charge is 0.497 e. The SMILES string of the molecule is COc1ccc([C@@H](C)NCC2CCCCN2C)cc1. The molecule has 0 spiro atoms. The molecule has 1 aromatic carbocycles. The standard InChI is InChI=1S/C16H26N2O/c1-13(14-7-9-16(19-3)10-8-14)17-12-15-6-4-5-11-18(15)2/h7-10,13,15,17H,4-6,11-12H2,1-3H3/t13-,15?/m1/s1. The number of nitrogens with zero attached hydrogens (tertiary/aromatic N) is 1. The van der Waals surface area contributed by atoms with Crippen molar-refractivity contribution in [2.45, 2.75) is 38.3 Å². The van der Waals surface area contributed by atoms with Gasteiger partial charge in [-0.05, 0) is 51.1 Å². The molecule has 3 nitrogen and oxygen atoms in total. The Balaban J connectivity index is 1.84. The lowest BCUT2D eigenvalue weighted by Crippen LogP contribution is -2.43. The van der Waals surface area contributed by atoms with Gasteiger partial charge in [0.25, 0.3) is 0 Å². The van der Waals surface area contributed by atoms with Crippen LogP contribution in [0.5, 0.6) is 5.75 Å². The van der Waals surface area contributed by atoms with E-state index in [1.54, 1.807) is 7.11 Å². The minimum absolute atomic E-state index is 0.390. The molecule has 0 radical (unpaired) electrons. The minimum Gasteiger partial charge on any atom is -0.497 e. The molecule has 106 valence electrons. The Hall–Kier alpha value is -1.06. The fraction of sp³-hybridized carbons (Fsp3) is 0.625. The molecule has 3 heteroatoms. The number of hydrogen-bond acceptors (Lipinski definition) is 3. The fourth-order valence-electron chi connectivity index (χ4n) is 2.73. The summed E-state index contributed by atoms with van der Waals surface area (Å²) in [6.07, 6.45) is 4.04. The van der Waals surface area contributed by atoms with Gasteiger partial charge < -0.3 is 15.0 Å². The highest BCUT2D eigenvalue weighted by atomic mass is 16.5. The Bertz CT molecular complexity index is 377. The van der Waals surface area contributed by atoms with Crippen molar-refractivity contribution in [1.29, 1.82) is 0 Å². The van der Waals surface area contributed by atoms with E-state index in [-0.39, 0.29) is 0 Å². The van der Waals surface area contributed by atoms with Crippen molar-refractivity contribution >= 4 is 0 Å². The first-order valence-corrected chi connectivity index (χ1v) is 7.28. The van der Waals surface area contributed by atoms with E-state index in [9.17, 15) is 0 Å². The van der Waals surface area contributed by atoms with E-state index >= 15 is 0 Å². The van der Waals surface area contributed by atoms with Gasteiger partial charge in [0.2, 0.25) is 0 Å². The molecule has 0 bridgehead atoms. The summed E-state index contributed by atoms with van der Waals surface area (Å²) in [5.41, 5.74) is 1.32. The van der Waals surface area contributed by atoms with Crippen molar-refractivity contribution in [2.24, 2.45) is 0 Å². The molecule has 1 unspecified atom stereocenters. The van der Waals surface area contributed by atoms with Gasteiger partial charge in [0.1, 0.15) is 5.75 Å². The number of benzene rings is 1. The summed E-state index contributed by atoms with van der Waals surface area (Å²) in [4.78, 5) is 2.48.